The molecule has 33 heavy (non-hydrogen) atoms. The first-order valence-corrected chi connectivity index (χ1v) is 12.4. The topological polar surface area (TPSA) is 82.3 Å². The molecule has 180 valence electrons. The van der Waals surface area contributed by atoms with E-state index < -0.39 is 0 Å². The Morgan fingerprint density at radius 1 is 0.727 bits per heavy atom. The van der Waals surface area contributed by atoms with Crippen molar-refractivity contribution >= 4 is 22.6 Å². The molecule has 0 fully saturated rings. The van der Waals surface area contributed by atoms with Crippen LogP contribution in [0.4, 0.5) is 0 Å². The van der Waals surface area contributed by atoms with Gasteiger partial charge in [-0.1, -0.05) is 64.1 Å². The highest BCUT2D eigenvalue weighted by Gasteiger charge is 2.22. The lowest BCUT2D eigenvalue weighted by Gasteiger charge is -2.21. The first-order valence-electron chi connectivity index (χ1n) is 12.4. The van der Waals surface area contributed by atoms with Gasteiger partial charge in [0.25, 0.3) is 0 Å². The normalized spacial score (nSPS) is 21.3. The van der Waals surface area contributed by atoms with Crippen LogP contribution in [-0.4, -0.2) is 37.0 Å². The second-order valence-electron chi connectivity index (χ2n) is 9.99. The third-order valence-electron chi connectivity index (χ3n) is 6.18. The van der Waals surface area contributed by atoms with Gasteiger partial charge >= 0.3 is 0 Å². The fraction of sp³-hybridized carbons (Fsp3) is 0.556. The number of carbonyl (C=O) groups is 2. The number of amides is 2. The van der Waals surface area contributed by atoms with Crippen molar-refractivity contribution in [2.24, 2.45) is 11.8 Å². The lowest BCUT2D eigenvalue weighted by atomic mass is 9.97. The third kappa shape index (κ3) is 7.27. The Labute approximate surface area is 198 Å². The van der Waals surface area contributed by atoms with Gasteiger partial charge in [0, 0.05) is 26.2 Å². The van der Waals surface area contributed by atoms with Crippen molar-refractivity contribution in [3.05, 3.63) is 47.5 Å². The van der Waals surface area contributed by atoms with Gasteiger partial charge in [-0.15, -0.1) is 0 Å². The van der Waals surface area contributed by atoms with Crippen molar-refractivity contribution in [2.75, 3.05) is 13.1 Å². The van der Waals surface area contributed by atoms with Crippen LogP contribution in [0, 0.1) is 11.8 Å². The summed E-state index contributed by atoms with van der Waals surface area (Å²) in [5, 5.41) is 15.5. The van der Waals surface area contributed by atoms with Crippen LogP contribution in [0.15, 0.2) is 36.4 Å². The van der Waals surface area contributed by atoms with Gasteiger partial charge < -0.3 is 21.3 Å². The fourth-order valence-corrected chi connectivity index (χ4v) is 4.47. The highest BCUT2D eigenvalue weighted by atomic mass is 16.2. The molecule has 0 radical (unpaired) electrons. The molecule has 1 aliphatic rings. The van der Waals surface area contributed by atoms with Crippen LogP contribution in [0.25, 0.3) is 10.8 Å². The first kappa shape index (κ1) is 25.2. The van der Waals surface area contributed by atoms with Crippen molar-refractivity contribution in [3.63, 3.8) is 0 Å². The summed E-state index contributed by atoms with van der Waals surface area (Å²) in [5.74, 6) is 0.869. The van der Waals surface area contributed by atoms with Crippen LogP contribution in [-0.2, 0) is 22.7 Å². The maximum atomic E-state index is 12.9. The maximum absolute atomic E-state index is 12.9. The van der Waals surface area contributed by atoms with Crippen molar-refractivity contribution in [1.82, 2.24) is 21.3 Å². The summed E-state index contributed by atoms with van der Waals surface area (Å²) in [6.07, 6.45) is 2.26. The number of hydrogen-bond acceptors (Lipinski definition) is 4. The Hall–Kier alpha value is -2.44. The van der Waals surface area contributed by atoms with Crippen LogP contribution in [0.2, 0.25) is 0 Å². The van der Waals surface area contributed by atoms with Gasteiger partial charge in [-0.25, -0.2) is 0 Å². The summed E-state index contributed by atoms with van der Waals surface area (Å²) in [4.78, 5) is 25.8. The van der Waals surface area contributed by atoms with E-state index in [2.05, 4.69) is 85.4 Å². The van der Waals surface area contributed by atoms with E-state index in [1.165, 1.54) is 21.9 Å². The lowest BCUT2D eigenvalue weighted by Crippen LogP contribution is -2.46. The van der Waals surface area contributed by atoms with Gasteiger partial charge in [0.15, 0.2) is 0 Å². The average Bonchev–Trinajstić information content (AvgIpc) is 2.78. The van der Waals surface area contributed by atoms with E-state index in [0.29, 0.717) is 44.4 Å². The zero-order valence-corrected chi connectivity index (χ0v) is 20.5. The summed E-state index contributed by atoms with van der Waals surface area (Å²) < 4.78 is 0. The highest BCUT2D eigenvalue weighted by molar-refractivity contribution is 5.89. The van der Waals surface area contributed by atoms with Crippen LogP contribution < -0.4 is 21.3 Å². The van der Waals surface area contributed by atoms with Crippen LogP contribution in [0.5, 0.6) is 0 Å². The average molecular weight is 453 g/mol. The Bertz CT molecular complexity index is 866. The Kier molecular flexibility index (Phi) is 9.27. The van der Waals surface area contributed by atoms with Gasteiger partial charge in [0.2, 0.25) is 11.8 Å². The minimum atomic E-state index is -0.245. The molecule has 0 aliphatic carbocycles. The van der Waals surface area contributed by atoms with Crippen LogP contribution in [0.1, 0.15) is 58.1 Å². The minimum absolute atomic E-state index is 0.0274. The van der Waals surface area contributed by atoms with E-state index in [1.54, 1.807) is 0 Å². The van der Waals surface area contributed by atoms with Crippen LogP contribution in [0.3, 0.4) is 0 Å². The smallest absolute Gasteiger partial charge is 0.237 e. The Balaban J connectivity index is 1.91. The molecule has 0 saturated heterocycles. The maximum Gasteiger partial charge on any atom is 0.237 e. The monoisotopic (exact) mass is 452 g/mol. The van der Waals surface area contributed by atoms with Crippen molar-refractivity contribution in [2.45, 2.75) is 72.1 Å². The summed E-state index contributed by atoms with van der Waals surface area (Å²) in [7, 11) is 0. The van der Waals surface area contributed by atoms with E-state index in [9.17, 15) is 9.59 Å². The van der Waals surface area contributed by atoms with Crippen molar-refractivity contribution < 1.29 is 9.59 Å². The summed E-state index contributed by atoms with van der Waals surface area (Å²) in [6.45, 7) is 10.9. The van der Waals surface area contributed by atoms with E-state index >= 15 is 0 Å². The molecular weight excluding hydrogens is 412 g/mol. The second kappa shape index (κ2) is 12.1. The molecule has 6 heteroatoms. The summed E-state index contributed by atoms with van der Waals surface area (Å²) in [6, 6.07) is 12.2. The molecule has 2 aromatic rings. The van der Waals surface area contributed by atoms with E-state index in [-0.39, 0.29) is 23.9 Å². The number of benzene rings is 2. The number of fused-ring (bicyclic) bond motifs is 6. The molecule has 1 heterocycles. The molecule has 2 aromatic carbocycles. The van der Waals surface area contributed by atoms with Gasteiger partial charge in [-0.05, 0) is 53.0 Å². The van der Waals surface area contributed by atoms with Gasteiger partial charge in [-0.2, -0.15) is 0 Å². The largest absolute Gasteiger partial charge is 0.355 e. The van der Waals surface area contributed by atoms with E-state index in [0.717, 1.165) is 12.8 Å². The quantitative estimate of drug-likeness (QED) is 0.572. The summed E-state index contributed by atoms with van der Waals surface area (Å²) in [5.41, 5.74) is 2.35. The minimum Gasteiger partial charge on any atom is -0.355 e. The van der Waals surface area contributed by atoms with Crippen molar-refractivity contribution in [1.29, 1.82) is 0 Å². The van der Waals surface area contributed by atoms with Crippen LogP contribution >= 0.6 is 0 Å². The molecule has 0 spiro atoms. The SMILES string of the molecule is CC(C)C[C@@H]1NCc2ccc(c3ccccc23)CN[C@@H](CC(C)C)C(=O)NCCCNC1=O. The van der Waals surface area contributed by atoms with Gasteiger partial charge in [0.05, 0.1) is 12.1 Å². The Morgan fingerprint density at radius 3 is 1.55 bits per heavy atom. The van der Waals surface area contributed by atoms with Gasteiger partial charge in [-0.3, -0.25) is 9.59 Å². The zero-order valence-electron chi connectivity index (χ0n) is 20.5. The molecule has 2 amide bonds. The Morgan fingerprint density at radius 2 is 1.15 bits per heavy atom. The number of hydrogen-bond donors (Lipinski definition) is 4. The molecule has 0 unspecified atom stereocenters. The van der Waals surface area contributed by atoms with Crippen molar-refractivity contribution in [3.8, 4) is 0 Å². The molecule has 0 aromatic heterocycles. The highest BCUT2D eigenvalue weighted by Crippen LogP contribution is 2.24. The molecular formula is C27H40N4O2. The van der Waals surface area contributed by atoms with E-state index in [4.69, 9.17) is 0 Å². The van der Waals surface area contributed by atoms with Gasteiger partial charge in [0.1, 0.15) is 0 Å². The van der Waals surface area contributed by atoms with E-state index in [1.807, 2.05) is 0 Å². The summed E-state index contributed by atoms with van der Waals surface area (Å²) >= 11 is 0. The molecule has 1 aliphatic heterocycles. The fourth-order valence-electron chi connectivity index (χ4n) is 4.47. The standard InChI is InChI=1S/C27H40N4O2/c1-18(2)14-24-26(32)28-12-7-13-29-27(33)25(15-19(3)4)31-17-21-11-10-20(16-30-24)22-8-5-6-9-23(21)22/h5-6,8-11,18-19,24-25,30-31H,7,12-17H2,1-4H3,(H,28,32)(H,29,33)/t24-,25-/m0/s1. The molecule has 6 nitrogen and oxygen atoms in total. The molecule has 2 atom stereocenters. The zero-order chi connectivity index (χ0) is 23.8. The first-order chi connectivity index (χ1) is 15.8. The third-order valence-corrected chi connectivity index (χ3v) is 6.18. The molecule has 2 bridgehead atoms. The molecule has 3 rings (SSSR count). The molecule has 0 saturated carbocycles. The predicted molar refractivity (Wildman–Crippen MR) is 135 cm³/mol. The second-order valence-corrected chi connectivity index (χ2v) is 9.99. The molecule has 4 N–H and O–H groups in total. The number of nitrogens with one attached hydrogen (secondary N) is 4. The predicted octanol–water partition coefficient (Wildman–Crippen LogP) is 3.48. The number of rotatable bonds is 4. The lowest BCUT2D eigenvalue weighted by molar-refractivity contribution is -0.123. The number of carbonyl (C=O) groups excluding carboxylic acids is 2.